The zero-order valence-corrected chi connectivity index (χ0v) is 9.72. The van der Waals surface area contributed by atoms with Crippen molar-refractivity contribution in [1.82, 2.24) is 0 Å². The molecule has 15 heavy (non-hydrogen) atoms. The van der Waals surface area contributed by atoms with Gasteiger partial charge < -0.3 is 0 Å². The molecule has 0 fully saturated rings. The summed E-state index contributed by atoms with van der Waals surface area (Å²) in [6.07, 6.45) is 3.02. The molecule has 0 heterocycles. The van der Waals surface area contributed by atoms with Gasteiger partial charge in [0.05, 0.1) is 0 Å². The Kier molecular flexibility index (Phi) is 5.62. The molecular formula is C13H18O2. The Hall–Kier alpha value is -1.36. The summed E-state index contributed by atoms with van der Waals surface area (Å²) in [5.41, 5.74) is -0.968. The van der Waals surface area contributed by atoms with Crippen molar-refractivity contribution in [2.75, 3.05) is 0 Å². The summed E-state index contributed by atoms with van der Waals surface area (Å²) in [5, 5.41) is 0. The summed E-state index contributed by atoms with van der Waals surface area (Å²) in [4.78, 5) is 23.1. The van der Waals surface area contributed by atoms with Crippen LogP contribution in [0.1, 0.15) is 40.0 Å². The number of carbonyl (C=O) groups excluding carboxylic acids is 2. The average molecular weight is 206 g/mol. The molecule has 0 N–H and O–H groups in total. The maximum absolute atomic E-state index is 11.6. The Morgan fingerprint density at radius 3 is 2.13 bits per heavy atom. The zero-order valence-electron chi connectivity index (χ0n) is 9.72. The van der Waals surface area contributed by atoms with Crippen molar-refractivity contribution < 1.29 is 9.59 Å². The minimum absolute atomic E-state index is 0.125. The van der Waals surface area contributed by atoms with Crippen LogP contribution in [0.3, 0.4) is 0 Å². The van der Waals surface area contributed by atoms with E-state index >= 15 is 0 Å². The van der Waals surface area contributed by atoms with Crippen LogP contribution in [0.15, 0.2) is 12.7 Å². The van der Waals surface area contributed by atoms with Gasteiger partial charge in [0.15, 0.2) is 0 Å². The van der Waals surface area contributed by atoms with Gasteiger partial charge in [0, 0.05) is 12.8 Å². The first-order valence-electron chi connectivity index (χ1n) is 5.10. The van der Waals surface area contributed by atoms with Crippen LogP contribution < -0.4 is 0 Å². The maximum Gasteiger partial charge on any atom is 0.144 e. The lowest BCUT2D eigenvalue weighted by molar-refractivity contribution is -0.137. The van der Waals surface area contributed by atoms with E-state index in [2.05, 4.69) is 18.4 Å². The summed E-state index contributed by atoms with van der Waals surface area (Å²) in [7, 11) is 0. The number of Topliss-reactive ketones (excluding diaryl/α,β-unsaturated/α-hetero) is 2. The predicted octanol–water partition coefficient (Wildman–Crippen LogP) is 2.53. The van der Waals surface area contributed by atoms with Crippen molar-refractivity contribution >= 4 is 11.6 Å². The molecule has 0 unspecified atom stereocenters. The summed E-state index contributed by atoms with van der Waals surface area (Å²) >= 11 is 0. The highest BCUT2D eigenvalue weighted by Gasteiger charge is 2.38. The van der Waals surface area contributed by atoms with Crippen LogP contribution in [-0.4, -0.2) is 11.6 Å². The van der Waals surface area contributed by atoms with Crippen molar-refractivity contribution in [3.63, 3.8) is 0 Å². The van der Waals surface area contributed by atoms with Crippen molar-refractivity contribution in [3.8, 4) is 11.8 Å². The highest BCUT2D eigenvalue weighted by atomic mass is 16.2. The highest BCUT2D eigenvalue weighted by molar-refractivity contribution is 6.05. The van der Waals surface area contributed by atoms with E-state index in [1.807, 2.05) is 6.92 Å². The molecule has 0 amide bonds. The normalized spacial score (nSPS) is 10.1. The van der Waals surface area contributed by atoms with E-state index in [1.165, 1.54) is 13.8 Å². The molecule has 0 aliphatic rings. The van der Waals surface area contributed by atoms with Crippen LogP contribution in [-0.2, 0) is 9.59 Å². The average Bonchev–Trinajstić information content (AvgIpc) is 2.15. The topological polar surface area (TPSA) is 34.1 Å². The molecule has 0 atom stereocenters. The summed E-state index contributed by atoms with van der Waals surface area (Å²) in [6, 6.07) is 0. The van der Waals surface area contributed by atoms with Crippen LogP contribution >= 0.6 is 0 Å². The van der Waals surface area contributed by atoms with Crippen LogP contribution in [0.2, 0.25) is 0 Å². The quantitative estimate of drug-likeness (QED) is 0.393. The molecule has 0 bridgehead atoms. The maximum atomic E-state index is 11.6. The van der Waals surface area contributed by atoms with Crippen LogP contribution in [0.5, 0.6) is 0 Å². The van der Waals surface area contributed by atoms with Gasteiger partial charge in [0.1, 0.15) is 17.0 Å². The third kappa shape index (κ3) is 3.36. The zero-order chi connectivity index (χ0) is 11.9. The van der Waals surface area contributed by atoms with E-state index in [-0.39, 0.29) is 11.6 Å². The standard InChI is InChI=1S/C13H18O2/c1-5-7-8-10-13(9-6-2,11(3)14)12(4)15/h6H,2,5,9-10H2,1,3-4H3. The van der Waals surface area contributed by atoms with Crippen LogP contribution in [0.4, 0.5) is 0 Å². The Labute approximate surface area is 91.8 Å². The van der Waals surface area contributed by atoms with Gasteiger partial charge >= 0.3 is 0 Å². The molecule has 2 heteroatoms. The lowest BCUT2D eigenvalue weighted by Crippen LogP contribution is -2.35. The number of ketones is 2. The molecule has 0 radical (unpaired) electrons. The smallest absolute Gasteiger partial charge is 0.144 e. The van der Waals surface area contributed by atoms with Gasteiger partial charge in [-0.3, -0.25) is 9.59 Å². The molecule has 82 valence electrons. The highest BCUT2D eigenvalue weighted by Crippen LogP contribution is 2.29. The van der Waals surface area contributed by atoms with Crippen LogP contribution in [0, 0.1) is 17.3 Å². The van der Waals surface area contributed by atoms with Gasteiger partial charge in [-0.15, -0.1) is 18.4 Å². The van der Waals surface area contributed by atoms with E-state index in [0.29, 0.717) is 12.8 Å². The van der Waals surface area contributed by atoms with Gasteiger partial charge in [-0.1, -0.05) is 13.0 Å². The molecule has 2 nitrogen and oxygen atoms in total. The van der Waals surface area contributed by atoms with Crippen molar-refractivity contribution in [2.45, 2.75) is 40.0 Å². The number of carbonyl (C=O) groups is 2. The monoisotopic (exact) mass is 206 g/mol. The minimum Gasteiger partial charge on any atom is -0.299 e. The molecule has 0 aromatic rings. The molecular weight excluding hydrogens is 188 g/mol. The molecule has 0 rings (SSSR count). The summed E-state index contributed by atoms with van der Waals surface area (Å²) in [6.45, 7) is 8.41. The Morgan fingerprint density at radius 1 is 1.27 bits per heavy atom. The van der Waals surface area contributed by atoms with E-state index in [0.717, 1.165) is 6.42 Å². The van der Waals surface area contributed by atoms with Gasteiger partial charge in [-0.05, 0) is 20.3 Å². The second-order valence-electron chi connectivity index (χ2n) is 3.57. The van der Waals surface area contributed by atoms with E-state index < -0.39 is 5.41 Å². The van der Waals surface area contributed by atoms with Crippen LogP contribution in [0.25, 0.3) is 0 Å². The van der Waals surface area contributed by atoms with Gasteiger partial charge in [0.2, 0.25) is 0 Å². The first-order chi connectivity index (χ1) is 7.01. The number of allylic oxidation sites excluding steroid dienone is 1. The molecule has 0 aliphatic carbocycles. The third-order valence-electron chi connectivity index (χ3n) is 2.53. The van der Waals surface area contributed by atoms with Gasteiger partial charge in [-0.2, -0.15) is 0 Å². The Morgan fingerprint density at radius 2 is 1.80 bits per heavy atom. The third-order valence-corrected chi connectivity index (χ3v) is 2.53. The van der Waals surface area contributed by atoms with Crippen molar-refractivity contribution in [3.05, 3.63) is 12.7 Å². The first kappa shape index (κ1) is 13.6. The second kappa shape index (κ2) is 6.19. The first-order valence-corrected chi connectivity index (χ1v) is 5.10. The SMILES string of the molecule is C=CCC(CC#CCC)(C(C)=O)C(C)=O. The molecule has 0 spiro atoms. The van der Waals surface area contributed by atoms with Crippen molar-refractivity contribution in [2.24, 2.45) is 5.41 Å². The minimum atomic E-state index is -0.968. The van der Waals surface area contributed by atoms with Gasteiger partial charge in [0.25, 0.3) is 0 Å². The molecule has 0 aromatic carbocycles. The van der Waals surface area contributed by atoms with Crippen molar-refractivity contribution in [1.29, 1.82) is 0 Å². The van der Waals surface area contributed by atoms with Gasteiger partial charge in [-0.25, -0.2) is 0 Å². The molecule has 0 aromatic heterocycles. The summed E-state index contributed by atoms with van der Waals surface area (Å²) < 4.78 is 0. The largest absolute Gasteiger partial charge is 0.299 e. The lowest BCUT2D eigenvalue weighted by Gasteiger charge is -2.24. The number of hydrogen-bond donors (Lipinski definition) is 0. The van der Waals surface area contributed by atoms with E-state index in [9.17, 15) is 9.59 Å². The van der Waals surface area contributed by atoms with E-state index in [4.69, 9.17) is 0 Å². The fourth-order valence-electron chi connectivity index (χ4n) is 1.44. The van der Waals surface area contributed by atoms with E-state index in [1.54, 1.807) is 6.08 Å². The number of hydrogen-bond acceptors (Lipinski definition) is 2. The summed E-state index contributed by atoms with van der Waals surface area (Å²) in [5.74, 6) is 5.52. The molecule has 0 saturated carbocycles. The molecule has 0 saturated heterocycles. The Bertz CT molecular complexity index is 301. The Balaban J connectivity index is 5.03. The fraction of sp³-hybridized carbons (Fsp3) is 0.538. The second-order valence-corrected chi connectivity index (χ2v) is 3.57. The molecule has 0 aliphatic heterocycles. The fourth-order valence-corrected chi connectivity index (χ4v) is 1.44. The predicted molar refractivity (Wildman–Crippen MR) is 61.3 cm³/mol. The number of rotatable bonds is 5. The lowest BCUT2D eigenvalue weighted by atomic mass is 9.74.